The van der Waals surface area contributed by atoms with Crippen molar-refractivity contribution in [3.63, 3.8) is 0 Å². The summed E-state index contributed by atoms with van der Waals surface area (Å²) in [5.41, 5.74) is 0. The number of amides is 1. The van der Waals surface area contributed by atoms with E-state index >= 15 is 0 Å². The third-order valence-electron chi connectivity index (χ3n) is 2.64. The first kappa shape index (κ1) is 15.2. The van der Waals surface area contributed by atoms with Crippen molar-refractivity contribution in [3.8, 4) is 0 Å². The van der Waals surface area contributed by atoms with E-state index < -0.39 is 0 Å². The van der Waals surface area contributed by atoms with Crippen molar-refractivity contribution in [1.29, 1.82) is 0 Å². The van der Waals surface area contributed by atoms with Gasteiger partial charge >= 0.3 is 5.97 Å². The van der Waals surface area contributed by atoms with Gasteiger partial charge in [0, 0.05) is 6.54 Å². The normalized spacial score (nSPS) is 12.2. The molecular formula is C13H20N2O4. The van der Waals surface area contributed by atoms with E-state index in [-0.39, 0.29) is 24.3 Å². The van der Waals surface area contributed by atoms with E-state index in [0.29, 0.717) is 18.8 Å². The maximum atomic E-state index is 11.7. The quantitative estimate of drug-likeness (QED) is 0.735. The van der Waals surface area contributed by atoms with E-state index in [9.17, 15) is 9.59 Å². The molecule has 0 saturated heterocycles. The molecule has 6 nitrogen and oxygen atoms in total. The molecule has 1 unspecified atom stereocenters. The molecule has 6 heteroatoms. The van der Waals surface area contributed by atoms with Crippen LogP contribution in [0.3, 0.4) is 0 Å². The summed E-state index contributed by atoms with van der Waals surface area (Å²) < 4.78 is 9.75. The number of likely N-dealkylation sites (N-methyl/N-ethyl adjacent to an activating group) is 1. The second-order valence-electron chi connectivity index (χ2n) is 4.48. The number of furan rings is 1. The van der Waals surface area contributed by atoms with E-state index in [0.717, 1.165) is 0 Å². The van der Waals surface area contributed by atoms with E-state index in [1.165, 1.54) is 7.11 Å². The molecule has 19 heavy (non-hydrogen) atoms. The molecule has 0 aliphatic rings. The summed E-state index contributed by atoms with van der Waals surface area (Å²) in [6.45, 7) is 2.83. The number of rotatable bonds is 7. The molecule has 0 spiro atoms. The lowest BCUT2D eigenvalue weighted by Gasteiger charge is -2.19. The number of carbonyl (C=O) groups is 2. The van der Waals surface area contributed by atoms with Gasteiger partial charge in [-0.05, 0) is 19.2 Å². The highest BCUT2D eigenvalue weighted by molar-refractivity contribution is 5.78. The average molecular weight is 268 g/mol. The maximum absolute atomic E-state index is 11.7. The second-order valence-corrected chi connectivity index (χ2v) is 4.48. The predicted octanol–water partition coefficient (Wildman–Crippen LogP) is 0.637. The lowest BCUT2D eigenvalue weighted by atomic mass is 10.2. The van der Waals surface area contributed by atoms with Gasteiger partial charge in [-0.15, -0.1) is 0 Å². The minimum Gasteiger partial charge on any atom is -0.469 e. The van der Waals surface area contributed by atoms with E-state index in [1.807, 2.05) is 0 Å². The largest absolute Gasteiger partial charge is 0.469 e. The number of nitrogens with one attached hydrogen (secondary N) is 1. The third-order valence-corrected chi connectivity index (χ3v) is 2.64. The van der Waals surface area contributed by atoms with Crippen LogP contribution >= 0.6 is 0 Å². The molecule has 1 heterocycles. The maximum Gasteiger partial charge on any atom is 0.309 e. The van der Waals surface area contributed by atoms with Gasteiger partial charge in [0.05, 0.1) is 32.4 Å². The van der Waals surface area contributed by atoms with Crippen LogP contribution in [0.5, 0.6) is 0 Å². The standard InChI is InChI=1S/C13H20N2O4/c1-10(13(17)18-3)8-15(2)9-12(16)14-7-11-5-4-6-19-11/h4-6,10H,7-9H2,1-3H3,(H,14,16). The molecule has 1 amide bonds. The van der Waals surface area contributed by atoms with Crippen LogP contribution in [0.15, 0.2) is 22.8 Å². The lowest BCUT2D eigenvalue weighted by molar-refractivity contribution is -0.145. The number of ether oxygens (including phenoxy) is 1. The fourth-order valence-electron chi connectivity index (χ4n) is 1.71. The molecule has 0 aliphatic carbocycles. The Kier molecular flexibility index (Phi) is 6.08. The van der Waals surface area contributed by atoms with E-state index in [1.54, 1.807) is 37.3 Å². The summed E-state index contributed by atoms with van der Waals surface area (Å²) in [4.78, 5) is 24.7. The third kappa shape index (κ3) is 5.56. The Balaban J connectivity index is 2.25. The Bertz CT molecular complexity index is 403. The zero-order valence-corrected chi connectivity index (χ0v) is 11.5. The van der Waals surface area contributed by atoms with Crippen LogP contribution in [0, 0.1) is 5.92 Å². The SMILES string of the molecule is COC(=O)C(C)CN(C)CC(=O)NCc1ccco1. The summed E-state index contributed by atoms with van der Waals surface area (Å²) in [5.74, 6) is 0.0608. The minimum atomic E-state index is -0.275. The van der Waals surface area contributed by atoms with Crippen LogP contribution in [0.2, 0.25) is 0 Å². The molecule has 0 aromatic carbocycles. The van der Waals surface area contributed by atoms with Gasteiger partial charge in [-0.25, -0.2) is 0 Å². The Morgan fingerprint density at radius 3 is 2.84 bits per heavy atom. The molecule has 0 fully saturated rings. The molecule has 1 N–H and O–H groups in total. The van der Waals surface area contributed by atoms with Crippen molar-refractivity contribution in [2.75, 3.05) is 27.2 Å². The smallest absolute Gasteiger partial charge is 0.309 e. The van der Waals surface area contributed by atoms with Gasteiger partial charge in [-0.2, -0.15) is 0 Å². The Hall–Kier alpha value is -1.82. The van der Waals surface area contributed by atoms with Crippen molar-refractivity contribution < 1.29 is 18.7 Å². The van der Waals surface area contributed by atoms with Gasteiger partial charge in [0.2, 0.25) is 5.91 Å². The molecule has 0 radical (unpaired) electrons. The fourth-order valence-corrected chi connectivity index (χ4v) is 1.71. The highest BCUT2D eigenvalue weighted by Crippen LogP contribution is 2.01. The van der Waals surface area contributed by atoms with Crippen LogP contribution in [0.1, 0.15) is 12.7 Å². The van der Waals surface area contributed by atoms with Crippen LogP contribution in [-0.4, -0.2) is 44.0 Å². The zero-order valence-electron chi connectivity index (χ0n) is 11.5. The first-order chi connectivity index (χ1) is 9.02. The van der Waals surface area contributed by atoms with Crippen LogP contribution in [0.25, 0.3) is 0 Å². The first-order valence-corrected chi connectivity index (χ1v) is 6.08. The van der Waals surface area contributed by atoms with Crippen LogP contribution in [-0.2, 0) is 20.9 Å². The van der Waals surface area contributed by atoms with Gasteiger partial charge in [-0.3, -0.25) is 14.5 Å². The molecule has 1 aromatic rings. The van der Waals surface area contributed by atoms with Gasteiger partial charge < -0.3 is 14.5 Å². The molecule has 1 aromatic heterocycles. The molecule has 0 bridgehead atoms. The molecule has 1 rings (SSSR count). The first-order valence-electron chi connectivity index (χ1n) is 6.08. The van der Waals surface area contributed by atoms with Crippen molar-refractivity contribution in [2.24, 2.45) is 5.92 Å². The highest BCUT2D eigenvalue weighted by Gasteiger charge is 2.16. The number of hydrogen-bond donors (Lipinski definition) is 1. The number of hydrogen-bond acceptors (Lipinski definition) is 5. The van der Waals surface area contributed by atoms with Crippen molar-refractivity contribution >= 4 is 11.9 Å². The van der Waals surface area contributed by atoms with E-state index in [2.05, 4.69) is 10.1 Å². The molecule has 0 saturated carbocycles. The summed E-state index contributed by atoms with van der Waals surface area (Å²) in [6, 6.07) is 3.56. The van der Waals surface area contributed by atoms with Crippen molar-refractivity contribution in [1.82, 2.24) is 10.2 Å². The van der Waals surface area contributed by atoms with Gasteiger partial charge in [0.25, 0.3) is 0 Å². The van der Waals surface area contributed by atoms with Gasteiger partial charge in [0.15, 0.2) is 0 Å². The topological polar surface area (TPSA) is 71.8 Å². The van der Waals surface area contributed by atoms with Gasteiger partial charge in [0.1, 0.15) is 5.76 Å². The highest BCUT2D eigenvalue weighted by atomic mass is 16.5. The lowest BCUT2D eigenvalue weighted by Crippen LogP contribution is -2.38. The van der Waals surface area contributed by atoms with Crippen LogP contribution in [0.4, 0.5) is 0 Å². The molecular weight excluding hydrogens is 248 g/mol. The fraction of sp³-hybridized carbons (Fsp3) is 0.538. The molecule has 1 atom stereocenters. The Morgan fingerprint density at radius 2 is 2.26 bits per heavy atom. The van der Waals surface area contributed by atoms with Crippen molar-refractivity contribution in [2.45, 2.75) is 13.5 Å². The number of nitrogens with zero attached hydrogens (tertiary/aromatic N) is 1. The van der Waals surface area contributed by atoms with Crippen LogP contribution < -0.4 is 5.32 Å². The summed E-state index contributed by atoms with van der Waals surface area (Å²) in [6.07, 6.45) is 1.56. The number of carbonyl (C=O) groups excluding carboxylic acids is 2. The van der Waals surface area contributed by atoms with Crippen molar-refractivity contribution in [3.05, 3.63) is 24.2 Å². The van der Waals surface area contributed by atoms with Gasteiger partial charge in [-0.1, -0.05) is 6.92 Å². The zero-order chi connectivity index (χ0) is 14.3. The Morgan fingerprint density at radius 1 is 1.53 bits per heavy atom. The number of methoxy groups -OCH3 is 1. The minimum absolute atomic E-state index is 0.115. The summed E-state index contributed by atoms with van der Waals surface area (Å²) >= 11 is 0. The molecule has 0 aliphatic heterocycles. The van der Waals surface area contributed by atoms with E-state index in [4.69, 9.17) is 4.42 Å². The summed E-state index contributed by atoms with van der Waals surface area (Å²) in [5, 5.41) is 2.74. The predicted molar refractivity (Wildman–Crippen MR) is 69.2 cm³/mol. The average Bonchev–Trinajstić information content (AvgIpc) is 2.88. The summed E-state index contributed by atoms with van der Waals surface area (Å²) in [7, 11) is 3.14. The number of esters is 1. The second kappa shape index (κ2) is 7.58. The molecule has 106 valence electrons. The Labute approximate surface area is 112 Å². The monoisotopic (exact) mass is 268 g/mol.